The van der Waals surface area contributed by atoms with Crippen LogP contribution in [0.15, 0.2) is 0 Å². The molecule has 1 unspecified atom stereocenters. The molecule has 0 radical (unpaired) electrons. The summed E-state index contributed by atoms with van der Waals surface area (Å²) in [6.45, 7) is 10.3. The van der Waals surface area contributed by atoms with Crippen LogP contribution in [0, 0.1) is 11.3 Å². The molecule has 0 fully saturated rings. The van der Waals surface area contributed by atoms with Gasteiger partial charge in [-0.15, -0.1) is 0 Å². The van der Waals surface area contributed by atoms with Gasteiger partial charge in [0.05, 0.1) is 5.75 Å². The third-order valence-electron chi connectivity index (χ3n) is 1.84. The van der Waals surface area contributed by atoms with E-state index in [2.05, 4.69) is 34.5 Å². The summed E-state index contributed by atoms with van der Waals surface area (Å²) < 4.78 is 25.9. The van der Waals surface area contributed by atoms with Gasteiger partial charge in [-0.25, -0.2) is 13.1 Å². The molecule has 0 spiro atoms. The minimum atomic E-state index is -3.15. The van der Waals surface area contributed by atoms with Crippen LogP contribution in [-0.4, -0.2) is 25.5 Å². The highest BCUT2D eigenvalue weighted by Crippen LogP contribution is 2.16. The van der Waals surface area contributed by atoms with Crippen molar-refractivity contribution in [2.75, 3.05) is 12.3 Å². The average molecular weight is 300 g/mol. The molecule has 92 valence electrons. The summed E-state index contributed by atoms with van der Waals surface area (Å²) in [7, 11) is -3.15. The van der Waals surface area contributed by atoms with E-state index in [4.69, 9.17) is 0 Å². The van der Waals surface area contributed by atoms with E-state index in [1.165, 1.54) is 0 Å². The minimum absolute atomic E-state index is 0.164. The molecule has 5 heteroatoms. The third kappa shape index (κ3) is 8.22. The zero-order valence-corrected chi connectivity index (χ0v) is 12.6. The Kier molecular flexibility index (Phi) is 5.79. The first-order chi connectivity index (χ1) is 6.53. The molecular weight excluding hydrogens is 278 g/mol. The summed E-state index contributed by atoms with van der Waals surface area (Å²) in [6, 6.07) is 0. The van der Waals surface area contributed by atoms with Crippen LogP contribution in [0.2, 0.25) is 0 Å². The van der Waals surface area contributed by atoms with Gasteiger partial charge in [-0.05, 0) is 11.3 Å². The molecule has 0 aliphatic heterocycles. The van der Waals surface area contributed by atoms with E-state index < -0.39 is 10.0 Å². The van der Waals surface area contributed by atoms with Gasteiger partial charge in [-0.2, -0.15) is 0 Å². The summed E-state index contributed by atoms with van der Waals surface area (Å²) in [6.07, 6.45) is 0. The van der Waals surface area contributed by atoms with Crippen LogP contribution in [0.1, 0.15) is 34.6 Å². The van der Waals surface area contributed by atoms with Crippen LogP contribution < -0.4 is 4.72 Å². The number of sulfonamides is 1. The average Bonchev–Trinajstić information content (AvgIpc) is 1.95. The molecule has 0 aromatic rings. The van der Waals surface area contributed by atoms with Crippen LogP contribution in [0.5, 0.6) is 0 Å². The Morgan fingerprint density at radius 3 is 2.07 bits per heavy atom. The maximum Gasteiger partial charge on any atom is 0.212 e. The van der Waals surface area contributed by atoms with Gasteiger partial charge in [0.2, 0.25) is 10.0 Å². The quantitative estimate of drug-likeness (QED) is 0.792. The zero-order chi connectivity index (χ0) is 12.3. The smallest absolute Gasteiger partial charge is 0.212 e. The van der Waals surface area contributed by atoms with Crippen LogP contribution in [0.3, 0.4) is 0 Å². The molecule has 1 N–H and O–H groups in total. The molecule has 0 aromatic carbocycles. The molecular formula is C10H22BrNO2S. The molecule has 0 heterocycles. The van der Waals surface area contributed by atoms with Crippen molar-refractivity contribution in [1.29, 1.82) is 0 Å². The van der Waals surface area contributed by atoms with Crippen LogP contribution in [0.4, 0.5) is 0 Å². The Labute approximate surface area is 102 Å². The van der Waals surface area contributed by atoms with E-state index in [-0.39, 0.29) is 16.0 Å². The second-order valence-electron chi connectivity index (χ2n) is 5.43. The molecule has 0 amide bonds. The van der Waals surface area contributed by atoms with Crippen molar-refractivity contribution in [3.8, 4) is 0 Å². The van der Waals surface area contributed by atoms with Crippen LogP contribution in [-0.2, 0) is 10.0 Å². The van der Waals surface area contributed by atoms with Crippen LogP contribution >= 0.6 is 15.9 Å². The van der Waals surface area contributed by atoms with E-state index in [1.807, 2.05) is 20.8 Å². The second kappa shape index (κ2) is 5.64. The predicted molar refractivity (Wildman–Crippen MR) is 68.8 cm³/mol. The Morgan fingerprint density at radius 1 is 1.27 bits per heavy atom. The van der Waals surface area contributed by atoms with E-state index in [0.29, 0.717) is 12.5 Å². The Morgan fingerprint density at radius 2 is 1.73 bits per heavy atom. The van der Waals surface area contributed by atoms with Gasteiger partial charge in [0.15, 0.2) is 0 Å². The minimum Gasteiger partial charge on any atom is -0.214 e. The predicted octanol–water partition coefficient (Wildman–Crippen LogP) is 2.37. The molecule has 1 atom stereocenters. The largest absolute Gasteiger partial charge is 0.214 e. The number of rotatable bonds is 5. The molecule has 0 saturated carbocycles. The normalized spacial score (nSPS) is 15.7. The topological polar surface area (TPSA) is 46.2 Å². The maximum atomic E-state index is 11.6. The summed E-state index contributed by atoms with van der Waals surface area (Å²) in [5, 5.41) is 0. The fourth-order valence-corrected chi connectivity index (χ4v) is 3.12. The Hall–Kier alpha value is 0.390. The van der Waals surface area contributed by atoms with Gasteiger partial charge in [-0.1, -0.05) is 50.5 Å². The zero-order valence-electron chi connectivity index (χ0n) is 10.2. The second-order valence-corrected chi connectivity index (χ2v) is 8.41. The van der Waals surface area contributed by atoms with Gasteiger partial charge in [0.25, 0.3) is 0 Å². The van der Waals surface area contributed by atoms with E-state index in [1.54, 1.807) is 0 Å². The summed E-state index contributed by atoms with van der Waals surface area (Å²) in [5.41, 5.74) is -0.203. The lowest BCUT2D eigenvalue weighted by Crippen LogP contribution is -2.36. The maximum absolute atomic E-state index is 11.6. The fourth-order valence-electron chi connectivity index (χ4n) is 1.06. The molecule has 0 aliphatic rings. The van der Waals surface area contributed by atoms with Crippen molar-refractivity contribution in [2.24, 2.45) is 11.3 Å². The van der Waals surface area contributed by atoms with Crippen molar-refractivity contribution < 1.29 is 8.42 Å². The molecule has 0 saturated heterocycles. The number of hydrogen-bond donors (Lipinski definition) is 1. The van der Waals surface area contributed by atoms with E-state index in [9.17, 15) is 8.42 Å². The Balaban J connectivity index is 4.18. The van der Waals surface area contributed by atoms with E-state index in [0.717, 1.165) is 0 Å². The summed E-state index contributed by atoms with van der Waals surface area (Å²) in [5.74, 6) is 0.583. The Bertz CT molecular complexity index is 280. The number of hydrogen-bond acceptors (Lipinski definition) is 2. The van der Waals surface area contributed by atoms with Crippen molar-refractivity contribution >= 4 is 26.0 Å². The molecule has 15 heavy (non-hydrogen) atoms. The van der Waals surface area contributed by atoms with Crippen molar-refractivity contribution in [3.05, 3.63) is 0 Å². The van der Waals surface area contributed by atoms with Gasteiger partial charge >= 0.3 is 0 Å². The highest BCUT2D eigenvalue weighted by molar-refractivity contribution is 9.09. The SMILES string of the molecule is CC(C)C(Br)CNS(=O)(=O)CC(C)(C)C. The molecule has 0 bridgehead atoms. The highest BCUT2D eigenvalue weighted by atomic mass is 79.9. The summed E-state index contributed by atoms with van der Waals surface area (Å²) in [4.78, 5) is 0.187. The van der Waals surface area contributed by atoms with Crippen molar-refractivity contribution in [1.82, 2.24) is 4.72 Å². The number of alkyl halides is 1. The lowest BCUT2D eigenvalue weighted by atomic mass is 10.0. The first-order valence-corrected chi connectivity index (χ1v) is 7.72. The van der Waals surface area contributed by atoms with Crippen molar-refractivity contribution in [3.63, 3.8) is 0 Å². The van der Waals surface area contributed by atoms with E-state index >= 15 is 0 Å². The molecule has 0 aliphatic carbocycles. The highest BCUT2D eigenvalue weighted by Gasteiger charge is 2.22. The lowest BCUT2D eigenvalue weighted by molar-refractivity contribution is 0.457. The van der Waals surface area contributed by atoms with Gasteiger partial charge < -0.3 is 0 Å². The summed E-state index contributed by atoms with van der Waals surface area (Å²) >= 11 is 3.45. The van der Waals surface area contributed by atoms with Crippen molar-refractivity contribution in [2.45, 2.75) is 39.4 Å². The van der Waals surface area contributed by atoms with Gasteiger partial charge in [-0.3, -0.25) is 0 Å². The standard InChI is InChI=1S/C10H22BrNO2S/c1-8(2)9(11)6-12-15(13,14)7-10(3,4)5/h8-9,12H,6-7H2,1-5H3. The number of halogens is 1. The first-order valence-electron chi connectivity index (χ1n) is 5.15. The third-order valence-corrected chi connectivity index (χ3v) is 5.08. The van der Waals surface area contributed by atoms with Gasteiger partial charge in [0.1, 0.15) is 0 Å². The molecule has 0 rings (SSSR count). The fraction of sp³-hybridized carbons (Fsp3) is 1.00. The monoisotopic (exact) mass is 299 g/mol. The van der Waals surface area contributed by atoms with Crippen LogP contribution in [0.25, 0.3) is 0 Å². The first kappa shape index (κ1) is 15.4. The molecule has 3 nitrogen and oxygen atoms in total. The molecule has 0 aromatic heterocycles. The number of nitrogens with one attached hydrogen (secondary N) is 1. The lowest BCUT2D eigenvalue weighted by Gasteiger charge is -2.20. The van der Waals surface area contributed by atoms with Gasteiger partial charge in [0, 0.05) is 11.4 Å².